The molecule has 0 saturated heterocycles. The molecule has 0 radical (unpaired) electrons. The molecule has 28 heavy (non-hydrogen) atoms. The second-order valence-corrected chi connectivity index (χ2v) is 6.16. The number of amides is 1. The molecule has 2 aromatic carbocycles. The van der Waals surface area contributed by atoms with Gasteiger partial charge in [0.1, 0.15) is 11.4 Å². The van der Waals surface area contributed by atoms with Crippen molar-refractivity contribution in [3.63, 3.8) is 0 Å². The van der Waals surface area contributed by atoms with E-state index in [1.807, 2.05) is 6.07 Å². The highest BCUT2D eigenvalue weighted by Crippen LogP contribution is 2.28. The molecule has 6 nitrogen and oxygen atoms in total. The maximum atomic E-state index is 12.9. The summed E-state index contributed by atoms with van der Waals surface area (Å²) in [5, 5.41) is 3.06. The first-order valence-corrected chi connectivity index (χ1v) is 8.77. The number of hydrogen-bond acceptors (Lipinski definition) is 5. The monoisotopic (exact) mass is 396 g/mol. The number of methoxy groups -OCH3 is 1. The number of esters is 1. The Balaban J connectivity index is 1.83. The molecular weight excluding hydrogens is 380 g/mol. The minimum Gasteiger partial charge on any atom is -0.495 e. The van der Waals surface area contributed by atoms with Crippen molar-refractivity contribution < 1.29 is 19.1 Å². The van der Waals surface area contributed by atoms with Crippen LogP contribution in [0, 0.1) is 0 Å². The number of pyridine rings is 1. The summed E-state index contributed by atoms with van der Waals surface area (Å²) >= 11 is 6.10. The van der Waals surface area contributed by atoms with Gasteiger partial charge in [0.2, 0.25) is 6.10 Å². The van der Waals surface area contributed by atoms with Gasteiger partial charge in [-0.15, -0.1) is 0 Å². The zero-order valence-corrected chi connectivity index (χ0v) is 15.7. The van der Waals surface area contributed by atoms with Crippen molar-refractivity contribution in [2.24, 2.45) is 0 Å². The van der Waals surface area contributed by atoms with Crippen molar-refractivity contribution in [3.8, 4) is 5.75 Å². The molecule has 7 heteroatoms. The molecule has 1 aromatic heterocycles. The Morgan fingerprint density at radius 3 is 2.43 bits per heavy atom. The van der Waals surface area contributed by atoms with Crippen molar-refractivity contribution in [1.29, 1.82) is 0 Å². The van der Waals surface area contributed by atoms with E-state index < -0.39 is 18.0 Å². The second-order valence-electron chi connectivity index (χ2n) is 5.75. The van der Waals surface area contributed by atoms with Crippen LogP contribution in [0.4, 0.5) is 5.69 Å². The maximum absolute atomic E-state index is 12.9. The molecule has 3 rings (SSSR count). The van der Waals surface area contributed by atoms with E-state index in [4.69, 9.17) is 21.1 Å². The minimum atomic E-state index is -1.16. The number of benzene rings is 2. The Bertz CT molecular complexity index is 965. The molecule has 0 spiro atoms. The van der Waals surface area contributed by atoms with Gasteiger partial charge in [-0.25, -0.2) is 9.78 Å². The highest BCUT2D eigenvalue weighted by Gasteiger charge is 2.26. The van der Waals surface area contributed by atoms with Gasteiger partial charge in [-0.2, -0.15) is 0 Å². The summed E-state index contributed by atoms with van der Waals surface area (Å²) in [5.41, 5.74) is 1.10. The van der Waals surface area contributed by atoms with E-state index in [-0.39, 0.29) is 5.69 Å². The summed E-state index contributed by atoms with van der Waals surface area (Å²) in [4.78, 5) is 29.2. The fourth-order valence-corrected chi connectivity index (χ4v) is 2.76. The lowest BCUT2D eigenvalue weighted by Gasteiger charge is -2.18. The van der Waals surface area contributed by atoms with Crippen LogP contribution in [0.1, 0.15) is 22.2 Å². The largest absolute Gasteiger partial charge is 0.495 e. The van der Waals surface area contributed by atoms with E-state index in [9.17, 15) is 9.59 Å². The first-order valence-electron chi connectivity index (χ1n) is 8.40. The predicted octanol–water partition coefficient (Wildman–Crippen LogP) is 4.28. The topological polar surface area (TPSA) is 77.5 Å². The van der Waals surface area contributed by atoms with Crippen molar-refractivity contribution in [2.75, 3.05) is 12.4 Å². The second kappa shape index (κ2) is 9.01. The van der Waals surface area contributed by atoms with Crippen LogP contribution >= 0.6 is 11.6 Å². The fraction of sp³-hybridized carbons (Fsp3) is 0.0952. The number of nitrogens with zero attached hydrogens (tertiary/aromatic N) is 1. The first kappa shape index (κ1) is 19.4. The van der Waals surface area contributed by atoms with Crippen LogP contribution in [0.15, 0.2) is 72.9 Å². The third-order valence-electron chi connectivity index (χ3n) is 3.86. The van der Waals surface area contributed by atoms with Crippen LogP contribution in [0.2, 0.25) is 5.02 Å². The number of ether oxygens (including phenoxy) is 2. The molecule has 0 aliphatic heterocycles. The Morgan fingerprint density at radius 2 is 1.79 bits per heavy atom. The molecule has 0 fully saturated rings. The average molecular weight is 397 g/mol. The lowest BCUT2D eigenvalue weighted by Crippen LogP contribution is -2.26. The Morgan fingerprint density at radius 1 is 1.04 bits per heavy atom. The molecule has 1 N–H and O–H groups in total. The summed E-state index contributed by atoms with van der Waals surface area (Å²) < 4.78 is 10.6. The van der Waals surface area contributed by atoms with Crippen LogP contribution in [-0.2, 0) is 9.53 Å². The van der Waals surface area contributed by atoms with Crippen molar-refractivity contribution in [3.05, 3.63) is 89.2 Å². The zero-order chi connectivity index (χ0) is 19.9. The van der Waals surface area contributed by atoms with Gasteiger partial charge in [-0.3, -0.25) is 4.79 Å². The highest BCUT2D eigenvalue weighted by atomic mass is 35.5. The summed E-state index contributed by atoms with van der Waals surface area (Å²) in [6.45, 7) is 0. The number of halogens is 1. The molecule has 1 heterocycles. The molecule has 0 saturated carbocycles. The van der Waals surface area contributed by atoms with Gasteiger partial charge in [0.15, 0.2) is 0 Å². The van der Waals surface area contributed by atoms with Gasteiger partial charge in [-0.05, 0) is 30.3 Å². The number of nitrogens with one attached hydrogen (secondary N) is 1. The third-order valence-corrected chi connectivity index (χ3v) is 4.15. The van der Waals surface area contributed by atoms with Crippen molar-refractivity contribution in [2.45, 2.75) is 6.10 Å². The smallest absolute Gasteiger partial charge is 0.358 e. The molecule has 3 aromatic rings. The number of rotatable bonds is 6. The number of carbonyl (C=O) groups excluding carboxylic acids is 2. The molecule has 0 aliphatic rings. The normalized spacial score (nSPS) is 11.4. The lowest BCUT2D eigenvalue weighted by molar-refractivity contribution is -0.125. The van der Waals surface area contributed by atoms with E-state index in [1.165, 1.54) is 19.4 Å². The number of anilines is 1. The molecule has 1 amide bonds. The average Bonchev–Trinajstić information content (AvgIpc) is 2.73. The highest BCUT2D eigenvalue weighted by molar-refractivity contribution is 6.32. The SMILES string of the molecule is COc1ccc(NC(=O)[C@H](OC(=O)c2ccccn2)c2ccccc2)cc1Cl. The Hall–Kier alpha value is -3.38. The van der Waals surface area contributed by atoms with Crippen molar-refractivity contribution >= 4 is 29.2 Å². The summed E-state index contributed by atoms with van der Waals surface area (Å²) in [6, 6.07) is 18.4. The van der Waals surface area contributed by atoms with E-state index in [0.717, 1.165) is 0 Å². The van der Waals surface area contributed by atoms with E-state index in [2.05, 4.69) is 10.3 Å². The van der Waals surface area contributed by atoms with Gasteiger partial charge < -0.3 is 14.8 Å². The molecule has 0 aliphatic carbocycles. The van der Waals surface area contributed by atoms with Crippen LogP contribution in [0.25, 0.3) is 0 Å². The van der Waals surface area contributed by atoms with Crippen LogP contribution in [0.3, 0.4) is 0 Å². The van der Waals surface area contributed by atoms with Crippen molar-refractivity contribution in [1.82, 2.24) is 4.98 Å². The maximum Gasteiger partial charge on any atom is 0.358 e. The van der Waals surface area contributed by atoms with E-state index in [0.29, 0.717) is 22.0 Å². The Labute approximate surface area is 167 Å². The van der Waals surface area contributed by atoms with Crippen LogP contribution in [-0.4, -0.2) is 24.0 Å². The molecule has 1 atom stereocenters. The molecule has 0 bridgehead atoms. The number of aromatic nitrogens is 1. The van der Waals surface area contributed by atoms with Gasteiger partial charge in [0, 0.05) is 17.4 Å². The summed E-state index contributed by atoms with van der Waals surface area (Å²) in [6.07, 6.45) is 0.324. The van der Waals surface area contributed by atoms with E-state index in [1.54, 1.807) is 54.6 Å². The standard InChI is InChI=1S/C21H17ClN2O4/c1-27-18-11-10-15(13-16(18)22)24-20(25)19(14-7-3-2-4-8-14)28-21(26)17-9-5-6-12-23-17/h2-13,19H,1H3,(H,24,25)/t19-/m1/s1. The zero-order valence-electron chi connectivity index (χ0n) is 15.0. The predicted molar refractivity (Wildman–Crippen MR) is 105 cm³/mol. The van der Waals surface area contributed by atoms with Crippen LogP contribution < -0.4 is 10.1 Å². The van der Waals surface area contributed by atoms with Gasteiger partial charge >= 0.3 is 5.97 Å². The first-order chi connectivity index (χ1) is 13.6. The Kier molecular flexibility index (Phi) is 6.24. The molecule has 0 unspecified atom stereocenters. The van der Waals surface area contributed by atoms with Crippen LogP contribution in [0.5, 0.6) is 5.75 Å². The molecule has 142 valence electrons. The van der Waals surface area contributed by atoms with E-state index >= 15 is 0 Å². The lowest BCUT2D eigenvalue weighted by atomic mass is 10.1. The quantitative estimate of drug-likeness (QED) is 0.629. The van der Waals surface area contributed by atoms with Gasteiger partial charge in [-0.1, -0.05) is 48.0 Å². The minimum absolute atomic E-state index is 0.115. The van der Waals surface area contributed by atoms with Gasteiger partial charge in [0.05, 0.1) is 12.1 Å². The summed E-state index contributed by atoms with van der Waals surface area (Å²) in [5.74, 6) is -0.727. The third kappa shape index (κ3) is 4.66. The number of carbonyl (C=O) groups is 2. The summed E-state index contributed by atoms with van der Waals surface area (Å²) in [7, 11) is 1.50. The molecular formula is C21H17ClN2O4. The number of hydrogen-bond donors (Lipinski definition) is 1. The van der Waals surface area contributed by atoms with Gasteiger partial charge in [0.25, 0.3) is 5.91 Å². The fourth-order valence-electron chi connectivity index (χ4n) is 2.50.